The highest BCUT2D eigenvalue weighted by atomic mass is 16.2. The van der Waals surface area contributed by atoms with Crippen LogP contribution in [0.25, 0.3) is 0 Å². The van der Waals surface area contributed by atoms with Crippen LogP contribution in [0, 0.1) is 17.8 Å². The second-order valence-electron chi connectivity index (χ2n) is 5.63. The summed E-state index contributed by atoms with van der Waals surface area (Å²) in [5, 5.41) is 6.02. The number of amides is 2. The summed E-state index contributed by atoms with van der Waals surface area (Å²) < 4.78 is 0. The van der Waals surface area contributed by atoms with Crippen molar-refractivity contribution in [3.63, 3.8) is 0 Å². The van der Waals surface area contributed by atoms with Crippen molar-refractivity contribution in [2.45, 2.75) is 20.8 Å². The fourth-order valence-corrected chi connectivity index (χ4v) is 2.09. The van der Waals surface area contributed by atoms with Crippen LogP contribution in [-0.4, -0.2) is 49.9 Å². The van der Waals surface area contributed by atoms with Gasteiger partial charge >= 0.3 is 0 Å². The third-order valence-electron chi connectivity index (χ3n) is 3.30. The molecule has 0 radical (unpaired) electrons. The summed E-state index contributed by atoms with van der Waals surface area (Å²) in [4.78, 5) is 25.3. The van der Waals surface area contributed by atoms with Gasteiger partial charge in [-0.15, -0.1) is 0 Å². The zero-order valence-electron chi connectivity index (χ0n) is 11.8. The molecule has 0 aromatic rings. The molecule has 0 aromatic heterocycles. The topological polar surface area (TPSA) is 61.4 Å². The molecule has 1 aliphatic rings. The molecular weight excluding hydrogens is 230 g/mol. The minimum absolute atomic E-state index is 0.00731. The summed E-state index contributed by atoms with van der Waals surface area (Å²) in [6, 6.07) is 0. The van der Waals surface area contributed by atoms with Crippen LogP contribution in [0.3, 0.4) is 0 Å². The number of carbonyl (C=O) groups is 2. The van der Waals surface area contributed by atoms with Crippen molar-refractivity contribution in [3.05, 3.63) is 0 Å². The van der Waals surface area contributed by atoms with Crippen LogP contribution in [0.1, 0.15) is 20.8 Å². The van der Waals surface area contributed by atoms with Gasteiger partial charge in [0.1, 0.15) is 0 Å². The van der Waals surface area contributed by atoms with E-state index in [0.717, 1.165) is 13.1 Å². The molecule has 1 saturated heterocycles. The second-order valence-corrected chi connectivity index (χ2v) is 5.63. The lowest BCUT2D eigenvalue weighted by Crippen LogP contribution is -2.43. The van der Waals surface area contributed by atoms with Gasteiger partial charge in [-0.3, -0.25) is 9.59 Å². The molecule has 2 atom stereocenters. The monoisotopic (exact) mass is 255 g/mol. The van der Waals surface area contributed by atoms with Gasteiger partial charge in [0.25, 0.3) is 0 Å². The number of hydrogen-bond donors (Lipinski definition) is 2. The molecular formula is C13H25N3O2. The first kappa shape index (κ1) is 15.0. The van der Waals surface area contributed by atoms with Gasteiger partial charge < -0.3 is 15.5 Å². The van der Waals surface area contributed by atoms with Crippen molar-refractivity contribution >= 4 is 11.8 Å². The molecule has 5 nitrogen and oxygen atoms in total. The number of nitrogens with one attached hydrogen (secondary N) is 2. The third-order valence-corrected chi connectivity index (χ3v) is 3.30. The van der Waals surface area contributed by atoms with Gasteiger partial charge in [0.15, 0.2) is 0 Å². The molecule has 1 rings (SSSR count). The molecule has 2 amide bonds. The average Bonchev–Trinajstić information content (AvgIpc) is 2.71. The molecule has 0 unspecified atom stereocenters. The van der Waals surface area contributed by atoms with E-state index in [1.54, 1.807) is 7.05 Å². The van der Waals surface area contributed by atoms with Gasteiger partial charge in [-0.25, -0.2) is 0 Å². The number of likely N-dealkylation sites (N-methyl/N-ethyl adjacent to an activating group) is 1. The zero-order chi connectivity index (χ0) is 13.7. The number of rotatable bonds is 5. The van der Waals surface area contributed by atoms with E-state index in [0.29, 0.717) is 18.4 Å². The molecule has 1 heterocycles. The van der Waals surface area contributed by atoms with Gasteiger partial charge in [0.2, 0.25) is 11.8 Å². The number of carbonyl (C=O) groups excluding carboxylic acids is 2. The van der Waals surface area contributed by atoms with Crippen LogP contribution in [0.5, 0.6) is 0 Å². The number of hydrogen-bond acceptors (Lipinski definition) is 3. The van der Waals surface area contributed by atoms with Crippen molar-refractivity contribution < 1.29 is 9.59 Å². The fourth-order valence-electron chi connectivity index (χ4n) is 2.09. The molecule has 0 spiro atoms. The normalized spacial score (nSPS) is 23.2. The second kappa shape index (κ2) is 6.73. The van der Waals surface area contributed by atoms with Gasteiger partial charge in [-0.05, 0) is 18.4 Å². The van der Waals surface area contributed by atoms with E-state index in [1.165, 1.54) is 4.90 Å². The lowest BCUT2D eigenvalue weighted by molar-refractivity contribution is -0.138. The van der Waals surface area contributed by atoms with Crippen LogP contribution in [0.4, 0.5) is 0 Å². The first-order valence-corrected chi connectivity index (χ1v) is 6.64. The lowest BCUT2D eigenvalue weighted by Gasteiger charge is -2.22. The molecule has 0 bridgehead atoms. The van der Waals surface area contributed by atoms with Gasteiger partial charge in [-0.1, -0.05) is 20.8 Å². The molecule has 1 fully saturated rings. The first-order valence-electron chi connectivity index (χ1n) is 6.64. The van der Waals surface area contributed by atoms with E-state index in [1.807, 2.05) is 13.8 Å². The van der Waals surface area contributed by atoms with E-state index in [-0.39, 0.29) is 24.3 Å². The Bertz CT molecular complexity index is 305. The summed E-state index contributed by atoms with van der Waals surface area (Å²) in [6.07, 6.45) is 0. The van der Waals surface area contributed by atoms with E-state index in [4.69, 9.17) is 0 Å². The predicted molar refractivity (Wildman–Crippen MR) is 71.0 cm³/mol. The van der Waals surface area contributed by atoms with Gasteiger partial charge in [-0.2, -0.15) is 0 Å². The highest BCUT2D eigenvalue weighted by Gasteiger charge is 2.31. The molecule has 18 heavy (non-hydrogen) atoms. The Kier molecular flexibility index (Phi) is 5.59. The standard InChI is InChI=1S/C13H25N3O2/c1-9(2)5-15-12(17)8-16(4)13(18)11-7-14-6-10(11)3/h9-11,14H,5-8H2,1-4H3,(H,15,17)/t10-,11-/m1/s1. The van der Waals surface area contributed by atoms with E-state index in [9.17, 15) is 9.59 Å². The van der Waals surface area contributed by atoms with Crippen molar-refractivity contribution in [1.29, 1.82) is 0 Å². The largest absolute Gasteiger partial charge is 0.354 e. The summed E-state index contributed by atoms with van der Waals surface area (Å²) in [5.41, 5.74) is 0. The molecule has 104 valence electrons. The minimum Gasteiger partial charge on any atom is -0.354 e. The maximum atomic E-state index is 12.1. The molecule has 0 aromatic carbocycles. The third kappa shape index (κ3) is 4.29. The van der Waals surface area contributed by atoms with Gasteiger partial charge in [0, 0.05) is 20.1 Å². The van der Waals surface area contributed by atoms with Crippen molar-refractivity contribution in [2.24, 2.45) is 17.8 Å². The smallest absolute Gasteiger partial charge is 0.239 e. The summed E-state index contributed by atoms with van der Waals surface area (Å²) >= 11 is 0. The number of nitrogens with zero attached hydrogens (tertiary/aromatic N) is 1. The highest BCUT2D eigenvalue weighted by molar-refractivity contribution is 5.86. The van der Waals surface area contributed by atoms with Crippen molar-refractivity contribution in [3.8, 4) is 0 Å². The SMILES string of the molecule is CC(C)CNC(=O)CN(C)C(=O)[C@@H]1CNC[C@H]1C. The maximum absolute atomic E-state index is 12.1. The van der Waals surface area contributed by atoms with Gasteiger partial charge in [0.05, 0.1) is 12.5 Å². The molecule has 5 heteroatoms. The Morgan fingerprint density at radius 2 is 2.06 bits per heavy atom. The predicted octanol–water partition coefficient (Wildman–Crippen LogP) is 0.0725. The molecule has 0 saturated carbocycles. The Morgan fingerprint density at radius 3 is 2.56 bits per heavy atom. The quantitative estimate of drug-likeness (QED) is 0.731. The van der Waals surface area contributed by atoms with Crippen LogP contribution >= 0.6 is 0 Å². The molecule has 1 aliphatic heterocycles. The average molecular weight is 255 g/mol. The summed E-state index contributed by atoms with van der Waals surface area (Å²) in [6.45, 7) is 8.55. The van der Waals surface area contributed by atoms with Crippen molar-refractivity contribution in [2.75, 3.05) is 33.2 Å². The van der Waals surface area contributed by atoms with Crippen LogP contribution in [0.15, 0.2) is 0 Å². The van der Waals surface area contributed by atoms with Crippen LogP contribution < -0.4 is 10.6 Å². The summed E-state index contributed by atoms with van der Waals surface area (Å²) in [5.74, 6) is 0.756. The Balaban J connectivity index is 2.37. The van der Waals surface area contributed by atoms with Crippen LogP contribution in [0.2, 0.25) is 0 Å². The first-order chi connectivity index (χ1) is 8.41. The maximum Gasteiger partial charge on any atom is 0.239 e. The zero-order valence-corrected chi connectivity index (χ0v) is 11.8. The van der Waals surface area contributed by atoms with E-state index < -0.39 is 0 Å². The molecule has 0 aliphatic carbocycles. The van der Waals surface area contributed by atoms with E-state index in [2.05, 4.69) is 17.6 Å². The minimum atomic E-state index is -0.0850. The highest BCUT2D eigenvalue weighted by Crippen LogP contribution is 2.17. The molecule has 2 N–H and O–H groups in total. The summed E-state index contributed by atoms with van der Waals surface area (Å²) in [7, 11) is 1.70. The van der Waals surface area contributed by atoms with Crippen molar-refractivity contribution in [1.82, 2.24) is 15.5 Å². The van der Waals surface area contributed by atoms with Crippen LogP contribution in [-0.2, 0) is 9.59 Å². The fraction of sp³-hybridized carbons (Fsp3) is 0.846. The Labute approximate surface area is 109 Å². The van der Waals surface area contributed by atoms with E-state index >= 15 is 0 Å². The Morgan fingerprint density at radius 1 is 1.39 bits per heavy atom. The lowest BCUT2D eigenvalue weighted by atomic mass is 9.97. The Hall–Kier alpha value is -1.10.